The van der Waals surface area contributed by atoms with E-state index >= 15 is 0 Å². The monoisotopic (exact) mass is 309 g/mol. The van der Waals surface area contributed by atoms with Crippen LogP contribution in [0.4, 0.5) is 5.69 Å². The molecule has 5 nitrogen and oxygen atoms in total. The lowest BCUT2D eigenvalue weighted by atomic mass is 10.1. The highest BCUT2D eigenvalue weighted by Crippen LogP contribution is 2.19. The highest BCUT2D eigenvalue weighted by Gasteiger charge is 2.16. The Hall–Kier alpha value is -1.75. The second-order valence-corrected chi connectivity index (χ2v) is 5.59. The van der Waals surface area contributed by atoms with E-state index < -0.39 is 0 Å². The Morgan fingerprint density at radius 2 is 1.95 bits per heavy atom. The normalized spacial score (nSPS) is 14.8. The number of nitrogen functional groups attached to an aromatic ring is 1. The van der Waals surface area contributed by atoms with E-state index in [1.165, 1.54) is 12.5 Å². The number of nitrogens with one attached hydrogen (secondary N) is 1. The van der Waals surface area contributed by atoms with Crippen LogP contribution < -0.4 is 11.1 Å². The van der Waals surface area contributed by atoms with Gasteiger partial charge in [-0.15, -0.1) is 0 Å². The minimum Gasteiger partial charge on any atom is -0.398 e. The second kappa shape index (κ2) is 7.31. The van der Waals surface area contributed by atoms with Crippen LogP contribution in [0.5, 0.6) is 0 Å². The smallest absolute Gasteiger partial charge is 0.251 e. The molecule has 21 heavy (non-hydrogen) atoms. The molecule has 3 N–H and O–H groups in total. The van der Waals surface area contributed by atoms with Crippen molar-refractivity contribution in [1.29, 1.82) is 0 Å². The number of piperidine rings is 1. The average Bonchev–Trinajstić information content (AvgIpc) is 2.50. The zero-order valence-corrected chi connectivity index (χ0v) is 12.7. The standard InChI is InChI=1S/C15H20ClN3O2/c16-12-5-4-11(10-13(12)17)15(21)18-7-6-14(20)19-8-2-1-3-9-19/h4-5,10H,1-3,6-9,17H2,(H,18,21). The number of benzene rings is 1. The molecule has 1 aromatic carbocycles. The van der Waals surface area contributed by atoms with E-state index in [0.717, 1.165) is 25.9 Å². The molecule has 0 saturated carbocycles. The molecule has 1 aliphatic heterocycles. The lowest BCUT2D eigenvalue weighted by molar-refractivity contribution is -0.131. The minimum atomic E-state index is -0.246. The Bertz CT molecular complexity index is 528. The van der Waals surface area contributed by atoms with Gasteiger partial charge in [-0.25, -0.2) is 0 Å². The zero-order valence-electron chi connectivity index (χ0n) is 11.9. The fraction of sp³-hybridized carbons (Fsp3) is 0.467. The molecule has 1 fully saturated rings. The number of nitrogens with zero attached hydrogens (tertiary/aromatic N) is 1. The molecule has 1 aliphatic rings. The fourth-order valence-electron chi connectivity index (χ4n) is 2.37. The van der Waals surface area contributed by atoms with Crippen molar-refractivity contribution in [3.8, 4) is 0 Å². The van der Waals surface area contributed by atoms with Gasteiger partial charge in [-0.05, 0) is 37.5 Å². The van der Waals surface area contributed by atoms with Crippen LogP contribution in [0.15, 0.2) is 18.2 Å². The third-order valence-corrected chi connectivity index (χ3v) is 3.94. The Labute approximate surface area is 129 Å². The number of nitrogens with two attached hydrogens (primary N) is 1. The van der Waals surface area contributed by atoms with Gasteiger partial charge in [-0.2, -0.15) is 0 Å². The first kappa shape index (κ1) is 15.6. The number of hydrogen-bond acceptors (Lipinski definition) is 3. The van der Waals surface area contributed by atoms with Gasteiger partial charge in [0.05, 0.1) is 10.7 Å². The molecule has 0 bridgehead atoms. The molecule has 0 atom stereocenters. The first-order valence-corrected chi connectivity index (χ1v) is 7.57. The van der Waals surface area contributed by atoms with Crippen molar-refractivity contribution >= 4 is 29.1 Å². The largest absolute Gasteiger partial charge is 0.398 e. The maximum atomic E-state index is 12.0. The lowest BCUT2D eigenvalue weighted by Crippen LogP contribution is -2.37. The quantitative estimate of drug-likeness (QED) is 0.836. The third-order valence-electron chi connectivity index (χ3n) is 3.59. The molecule has 2 amide bonds. The van der Waals surface area contributed by atoms with Gasteiger partial charge in [0.2, 0.25) is 5.91 Å². The van der Waals surface area contributed by atoms with Crippen molar-refractivity contribution in [2.75, 3.05) is 25.4 Å². The number of rotatable bonds is 4. The predicted molar refractivity (Wildman–Crippen MR) is 83.2 cm³/mol. The summed E-state index contributed by atoms with van der Waals surface area (Å²) in [4.78, 5) is 25.8. The summed E-state index contributed by atoms with van der Waals surface area (Å²) >= 11 is 5.81. The molecular formula is C15H20ClN3O2. The molecule has 0 radical (unpaired) electrons. The van der Waals surface area contributed by atoms with Gasteiger partial charge >= 0.3 is 0 Å². The molecule has 1 aromatic rings. The van der Waals surface area contributed by atoms with Gasteiger partial charge in [0.25, 0.3) is 5.91 Å². The summed E-state index contributed by atoms with van der Waals surface area (Å²) in [7, 11) is 0. The summed E-state index contributed by atoms with van der Waals surface area (Å²) in [6.45, 7) is 2.00. The van der Waals surface area contributed by atoms with E-state index in [2.05, 4.69) is 5.32 Å². The van der Waals surface area contributed by atoms with Crippen LogP contribution in [-0.2, 0) is 4.79 Å². The van der Waals surface area contributed by atoms with Crippen molar-refractivity contribution in [3.05, 3.63) is 28.8 Å². The second-order valence-electron chi connectivity index (χ2n) is 5.18. The van der Waals surface area contributed by atoms with Crippen LogP contribution in [0, 0.1) is 0 Å². The van der Waals surface area contributed by atoms with Gasteiger partial charge < -0.3 is 16.0 Å². The summed E-state index contributed by atoms with van der Waals surface area (Å²) < 4.78 is 0. The van der Waals surface area contributed by atoms with Gasteiger partial charge in [-0.1, -0.05) is 11.6 Å². The number of amides is 2. The van der Waals surface area contributed by atoms with E-state index in [1.54, 1.807) is 12.1 Å². The van der Waals surface area contributed by atoms with Crippen molar-refractivity contribution in [2.45, 2.75) is 25.7 Å². The lowest BCUT2D eigenvalue weighted by Gasteiger charge is -2.26. The maximum Gasteiger partial charge on any atom is 0.251 e. The minimum absolute atomic E-state index is 0.102. The van der Waals surface area contributed by atoms with Crippen LogP contribution in [0.2, 0.25) is 5.02 Å². The Balaban J connectivity index is 1.78. The molecule has 114 valence electrons. The predicted octanol–water partition coefficient (Wildman–Crippen LogP) is 2.05. The van der Waals surface area contributed by atoms with E-state index in [1.807, 2.05) is 4.90 Å². The average molecular weight is 310 g/mol. The Morgan fingerprint density at radius 1 is 1.24 bits per heavy atom. The van der Waals surface area contributed by atoms with Crippen LogP contribution in [0.1, 0.15) is 36.0 Å². The van der Waals surface area contributed by atoms with E-state index in [9.17, 15) is 9.59 Å². The topological polar surface area (TPSA) is 75.4 Å². The summed E-state index contributed by atoms with van der Waals surface area (Å²) in [5, 5.41) is 3.15. The maximum absolute atomic E-state index is 12.0. The van der Waals surface area contributed by atoms with Gasteiger partial charge in [0, 0.05) is 31.6 Å². The molecule has 2 rings (SSSR count). The van der Waals surface area contributed by atoms with Crippen molar-refractivity contribution in [1.82, 2.24) is 10.2 Å². The number of hydrogen-bond donors (Lipinski definition) is 2. The molecule has 1 heterocycles. The van der Waals surface area contributed by atoms with E-state index in [0.29, 0.717) is 29.2 Å². The third kappa shape index (κ3) is 4.36. The number of anilines is 1. The molecule has 0 spiro atoms. The summed E-state index contributed by atoms with van der Waals surface area (Å²) in [5.74, 6) is -0.143. The van der Waals surface area contributed by atoms with Crippen LogP contribution in [-0.4, -0.2) is 36.3 Å². The molecule has 1 saturated heterocycles. The summed E-state index contributed by atoms with van der Waals surface area (Å²) in [6.07, 6.45) is 3.66. The van der Waals surface area contributed by atoms with Gasteiger partial charge in [0.1, 0.15) is 0 Å². The highest BCUT2D eigenvalue weighted by molar-refractivity contribution is 6.33. The summed E-state index contributed by atoms with van der Waals surface area (Å²) in [6, 6.07) is 4.73. The molecule has 0 unspecified atom stereocenters. The number of halogens is 1. The van der Waals surface area contributed by atoms with Crippen molar-refractivity contribution in [3.63, 3.8) is 0 Å². The van der Waals surface area contributed by atoms with E-state index in [-0.39, 0.29) is 11.8 Å². The summed E-state index contributed by atoms with van der Waals surface area (Å²) in [5.41, 5.74) is 6.48. The number of carbonyl (C=O) groups excluding carboxylic acids is 2. The fourth-order valence-corrected chi connectivity index (χ4v) is 2.49. The molecule has 6 heteroatoms. The van der Waals surface area contributed by atoms with Crippen LogP contribution in [0.3, 0.4) is 0 Å². The number of likely N-dealkylation sites (tertiary alicyclic amines) is 1. The molecular weight excluding hydrogens is 290 g/mol. The Morgan fingerprint density at radius 3 is 2.62 bits per heavy atom. The molecule has 0 aliphatic carbocycles. The first-order chi connectivity index (χ1) is 10.1. The first-order valence-electron chi connectivity index (χ1n) is 7.19. The van der Waals surface area contributed by atoms with Crippen LogP contribution >= 0.6 is 11.6 Å². The Kier molecular flexibility index (Phi) is 5.44. The van der Waals surface area contributed by atoms with Crippen molar-refractivity contribution in [2.24, 2.45) is 0 Å². The van der Waals surface area contributed by atoms with Crippen LogP contribution in [0.25, 0.3) is 0 Å². The van der Waals surface area contributed by atoms with Gasteiger partial charge in [-0.3, -0.25) is 9.59 Å². The molecule has 0 aromatic heterocycles. The van der Waals surface area contributed by atoms with Crippen molar-refractivity contribution < 1.29 is 9.59 Å². The number of carbonyl (C=O) groups is 2. The zero-order chi connectivity index (χ0) is 15.2. The SMILES string of the molecule is Nc1cc(C(=O)NCCC(=O)N2CCCCC2)ccc1Cl. The van der Waals surface area contributed by atoms with Gasteiger partial charge in [0.15, 0.2) is 0 Å². The highest BCUT2D eigenvalue weighted by atomic mass is 35.5. The van der Waals surface area contributed by atoms with E-state index in [4.69, 9.17) is 17.3 Å².